The van der Waals surface area contributed by atoms with Gasteiger partial charge in [-0.15, -0.1) is 11.6 Å². The van der Waals surface area contributed by atoms with Crippen molar-refractivity contribution in [2.45, 2.75) is 0 Å². The van der Waals surface area contributed by atoms with E-state index in [9.17, 15) is 4.79 Å². The Bertz CT molecular complexity index is 418. The second-order valence-corrected chi connectivity index (χ2v) is 3.56. The van der Waals surface area contributed by atoms with Gasteiger partial charge in [-0.25, -0.2) is 4.79 Å². The highest BCUT2D eigenvalue weighted by Gasteiger charge is 2.07. The molecule has 1 N–H and O–H groups in total. The van der Waals surface area contributed by atoms with Gasteiger partial charge in [-0.3, -0.25) is 0 Å². The summed E-state index contributed by atoms with van der Waals surface area (Å²) >= 11 is 8.53. The van der Waals surface area contributed by atoms with Crippen LogP contribution in [0.5, 0.6) is 0 Å². The molecule has 0 heterocycles. The van der Waals surface area contributed by atoms with Crippen LogP contribution in [0.2, 0.25) is 0 Å². The predicted molar refractivity (Wildman–Crippen MR) is 58.7 cm³/mol. The number of carboxylic acids is 1. The second-order valence-electron chi connectivity index (χ2n) is 2.44. The Balaban J connectivity index is 3.13. The van der Waals surface area contributed by atoms with Gasteiger partial charge in [0.15, 0.2) is 0 Å². The topological polar surface area (TPSA) is 37.3 Å². The molecule has 1 aromatic carbocycles. The molecule has 0 spiro atoms. The Morgan fingerprint density at radius 1 is 1.57 bits per heavy atom. The highest BCUT2D eigenvalue weighted by atomic mass is 79.9. The maximum atomic E-state index is 10.7. The van der Waals surface area contributed by atoms with Gasteiger partial charge < -0.3 is 5.11 Å². The molecule has 0 aliphatic heterocycles. The summed E-state index contributed by atoms with van der Waals surface area (Å²) < 4.78 is 0.543. The third-order valence-electron chi connectivity index (χ3n) is 1.50. The zero-order valence-corrected chi connectivity index (χ0v) is 9.39. The summed E-state index contributed by atoms with van der Waals surface area (Å²) in [5.74, 6) is 4.66. The highest BCUT2D eigenvalue weighted by molar-refractivity contribution is 9.10. The van der Waals surface area contributed by atoms with Crippen molar-refractivity contribution in [3.05, 3.63) is 33.8 Å². The average molecular weight is 274 g/mol. The summed E-state index contributed by atoms with van der Waals surface area (Å²) in [5, 5.41) is 8.81. The first-order valence-electron chi connectivity index (χ1n) is 3.73. The van der Waals surface area contributed by atoms with Crippen molar-refractivity contribution in [3.63, 3.8) is 0 Å². The summed E-state index contributed by atoms with van der Waals surface area (Å²) in [6, 6.07) is 4.89. The molecule has 4 heteroatoms. The van der Waals surface area contributed by atoms with Crippen molar-refractivity contribution >= 4 is 33.5 Å². The standard InChI is InChI=1S/C10H6BrClO2/c11-9-4-3-7(2-1-5-12)6-8(9)10(13)14/h3-4,6H,5H2,(H,13,14). The van der Waals surface area contributed by atoms with Crippen LogP contribution in [-0.2, 0) is 0 Å². The second kappa shape index (κ2) is 5.04. The van der Waals surface area contributed by atoms with E-state index in [-0.39, 0.29) is 11.4 Å². The number of rotatable bonds is 1. The number of halogens is 2. The molecule has 0 saturated heterocycles. The fraction of sp³-hybridized carbons (Fsp3) is 0.100. The molecule has 2 nitrogen and oxygen atoms in total. The van der Waals surface area contributed by atoms with Crippen LogP contribution in [0.1, 0.15) is 15.9 Å². The van der Waals surface area contributed by atoms with Gasteiger partial charge in [-0.1, -0.05) is 11.8 Å². The van der Waals surface area contributed by atoms with Crippen LogP contribution >= 0.6 is 27.5 Å². The normalized spacial score (nSPS) is 9.00. The largest absolute Gasteiger partial charge is 0.478 e. The van der Waals surface area contributed by atoms with Crippen LogP contribution in [0.4, 0.5) is 0 Å². The Kier molecular flexibility index (Phi) is 3.99. The summed E-state index contributed by atoms with van der Waals surface area (Å²) in [5.41, 5.74) is 0.845. The summed E-state index contributed by atoms with van der Waals surface area (Å²) in [7, 11) is 0. The molecule has 0 amide bonds. The van der Waals surface area contributed by atoms with Crippen LogP contribution in [0, 0.1) is 11.8 Å². The zero-order chi connectivity index (χ0) is 10.6. The molecule has 0 radical (unpaired) electrons. The van der Waals surface area contributed by atoms with Crippen molar-refractivity contribution in [1.29, 1.82) is 0 Å². The number of carbonyl (C=O) groups is 1. The van der Waals surface area contributed by atoms with E-state index in [4.69, 9.17) is 16.7 Å². The SMILES string of the molecule is O=C(O)c1cc(C#CCCl)ccc1Br. The van der Waals surface area contributed by atoms with E-state index in [0.29, 0.717) is 10.0 Å². The lowest BCUT2D eigenvalue weighted by molar-refractivity contribution is 0.0696. The molecule has 1 aromatic rings. The molecule has 0 atom stereocenters. The summed E-state index contributed by atoms with van der Waals surface area (Å²) in [6.45, 7) is 0. The predicted octanol–water partition coefficient (Wildman–Crippen LogP) is 2.74. The van der Waals surface area contributed by atoms with Crippen molar-refractivity contribution in [2.24, 2.45) is 0 Å². The van der Waals surface area contributed by atoms with Crippen LogP contribution < -0.4 is 0 Å². The quantitative estimate of drug-likeness (QED) is 0.631. The van der Waals surface area contributed by atoms with E-state index >= 15 is 0 Å². The van der Waals surface area contributed by atoms with Crippen LogP contribution in [0.15, 0.2) is 22.7 Å². The fourth-order valence-corrected chi connectivity index (χ4v) is 1.39. The van der Waals surface area contributed by atoms with Crippen molar-refractivity contribution in [2.75, 3.05) is 5.88 Å². The van der Waals surface area contributed by atoms with Crippen LogP contribution in [0.3, 0.4) is 0 Å². The van der Waals surface area contributed by atoms with Gasteiger partial charge in [0.1, 0.15) is 0 Å². The molecular formula is C10H6BrClO2. The molecule has 0 bridgehead atoms. The smallest absolute Gasteiger partial charge is 0.336 e. The lowest BCUT2D eigenvalue weighted by Crippen LogP contribution is -1.97. The lowest BCUT2D eigenvalue weighted by atomic mass is 10.1. The summed E-state index contributed by atoms with van der Waals surface area (Å²) in [6.07, 6.45) is 0. The molecule has 0 saturated carbocycles. The lowest BCUT2D eigenvalue weighted by Gasteiger charge is -1.98. The van der Waals surface area contributed by atoms with Crippen LogP contribution in [-0.4, -0.2) is 17.0 Å². The maximum absolute atomic E-state index is 10.7. The number of hydrogen-bond acceptors (Lipinski definition) is 1. The molecule has 0 aromatic heterocycles. The molecule has 72 valence electrons. The van der Waals surface area contributed by atoms with E-state index in [1.807, 2.05) is 0 Å². The molecule has 0 aliphatic carbocycles. The van der Waals surface area contributed by atoms with E-state index in [1.165, 1.54) is 6.07 Å². The molecule has 0 fully saturated rings. The van der Waals surface area contributed by atoms with Gasteiger partial charge >= 0.3 is 5.97 Å². The Labute approximate surface area is 95.0 Å². The first kappa shape index (κ1) is 11.1. The van der Waals surface area contributed by atoms with E-state index in [2.05, 4.69) is 27.8 Å². The minimum atomic E-state index is -0.980. The van der Waals surface area contributed by atoms with Crippen molar-refractivity contribution in [1.82, 2.24) is 0 Å². The minimum absolute atomic E-state index is 0.200. The first-order valence-corrected chi connectivity index (χ1v) is 5.05. The van der Waals surface area contributed by atoms with Crippen molar-refractivity contribution < 1.29 is 9.90 Å². The molecule has 14 heavy (non-hydrogen) atoms. The molecule has 0 aliphatic rings. The first-order chi connectivity index (χ1) is 6.65. The Morgan fingerprint density at radius 2 is 2.29 bits per heavy atom. The average Bonchev–Trinajstić information content (AvgIpc) is 2.16. The molecule has 1 rings (SSSR count). The van der Waals surface area contributed by atoms with E-state index in [1.54, 1.807) is 12.1 Å². The number of alkyl halides is 1. The van der Waals surface area contributed by atoms with Gasteiger partial charge in [0, 0.05) is 10.0 Å². The number of hydrogen-bond donors (Lipinski definition) is 1. The van der Waals surface area contributed by atoms with Crippen LogP contribution in [0.25, 0.3) is 0 Å². The Hall–Kier alpha value is -0.980. The molecular weight excluding hydrogens is 267 g/mol. The number of benzene rings is 1. The molecule has 0 unspecified atom stereocenters. The van der Waals surface area contributed by atoms with Gasteiger partial charge in [0.25, 0.3) is 0 Å². The maximum Gasteiger partial charge on any atom is 0.336 e. The summed E-state index contributed by atoms with van der Waals surface area (Å²) in [4.78, 5) is 10.7. The van der Waals surface area contributed by atoms with Gasteiger partial charge in [0.05, 0.1) is 11.4 Å². The fourth-order valence-electron chi connectivity index (χ4n) is 0.902. The minimum Gasteiger partial charge on any atom is -0.478 e. The third kappa shape index (κ3) is 2.76. The monoisotopic (exact) mass is 272 g/mol. The third-order valence-corrected chi connectivity index (χ3v) is 2.32. The zero-order valence-electron chi connectivity index (χ0n) is 7.05. The number of carboxylic acid groups (broad SMARTS) is 1. The van der Waals surface area contributed by atoms with Gasteiger partial charge in [0.2, 0.25) is 0 Å². The van der Waals surface area contributed by atoms with Crippen molar-refractivity contribution in [3.8, 4) is 11.8 Å². The van der Waals surface area contributed by atoms with Gasteiger partial charge in [-0.2, -0.15) is 0 Å². The van der Waals surface area contributed by atoms with Gasteiger partial charge in [-0.05, 0) is 34.1 Å². The van der Waals surface area contributed by atoms with E-state index < -0.39 is 5.97 Å². The Morgan fingerprint density at radius 3 is 2.86 bits per heavy atom. The number of aromatic carboxylic acids is 1. The highest BCUT2D eigenvalue weighted by Crippen LogP contribution is 2.17. The van der Waals surface area contributed by atoms with E-state index in [0.717, 1.165) is 0 Å².